The van der Waals surface area contributed by atoms with Crippen molar-refractivity contribution in [3.05, 3.63) is 52.1 Å². The number of methoxy groups -OCH3 is 1. The van der Waals surface area contributed by atoms with E-state index in [1.807, 2.05) is 58.1 Å². The summed E-state index contributed by atoms with van der Waals surface area (Å²) < 4.78 is 27.4. The van der Waals surface area contributed by atoms with E-state index in [0.29, 0.717) is 62.7 Å². The maximum atomic E-state index is 15.0. The zero-order chi connectivity index (χ0) is 52.6. The Labute approximate surface area is 440 Å². The van der Waals surface area contributed by atoms with Gasteiger partial charge in [0.25, 0.3) is 5.91 Å². The number of aromatic nitrogens is 3. The number of hydrogen-bond acceptors (Lipinski definition) is 15. The van der Waals surface area contributed by atoms with Crippen LogP contribution in [0.5, 0.6) is 0 Å². The van der Waals surface area contributed by atoms with Gasteiger partial charge in [0.05, 0.1) is 66.2 Å². The lowest BCUT2D eigenvalue weighted by Gasteiger charge is -2.37. The highest BCUT2D eigenvalue weighted by atomic mass is 32.1. The molecule has 3 aromatic heterocycles. The van der Waals surface area contributed by atoms with Gasteiger partial charge in [-0.2, -0.15) is 0 Å². The highest BCUT2D eigenvalue weighted by Gasteiger charge is 2.58. The van der Waals surface area contributed by atoms with Crippen LogP contribution in [0.4, 0.5) is 5.69 Å². The Morgan fingerprint density at radius 1 is 0.986 bits per heavy atom. The zero-order valence-electron chi connectivity index (χ0n) is 45.1. The third kappa shape index (κ3) is 11.4. The average Bonchev–Trinajstić information content (AvgIpc) is 3.67. The summed E-state index contributed by atoms with van der Waals surface area (Å²) in [5, 5.41) is 8.03. The minimum absolute atomic E-state index is 0.0257. The number of hydrogen-bond donors (Lipinski definition) is 2. The monoisotopic (exact) mass is 1040 g/mol. The number of thiazole rings is 1. The summed E-state index contributed by atoms with van der Waals surface area (Å²) >= 11 is 1.37. The maximum absolute atomic E-state index is 15.0. The second-order valence-corrected chi connectivity index (χ2v) is 23.0. The summed E-state index contributed by atoms with van der Waals surface area (Å²) in [6.07, 6.45) is 2.21. The van der Waals surface area contributed by atoms with Crippen LogP contribution in [0.25, 0.3) is 33.4 Å². The molecule has 3 amide bonds. The summed E-state index contributed by atoms with van der Waals surface area (Å²) in [5.41, 5.74) is 10.1. The number of ether oxygens (including phenoxy) is 4. The lowest BCUT2D eigenvalue weighted by atomic mass is 9.84. The largest absolute Gasteiger partial charge is 0.464 e. The average molecular weight is 1040 g/mol. The van der Waals surface area contributed by atoms with Crippen LogP contribution in [0.15, 0.2) is 35.8 Å². The van der Waals surface area contributed by atoms with Crippen LogP contribution in [0.3, 0.4) is 0 Å². The predicted octanol–water partition coefficient (Wildman–Crippen LogP) is 5.55. The number of hydrazine groups is 1. The molecule has 4 aliphatic heterocycles. The van der Waals surface area contributed by atoms with E-state index in [2.05, 4.69) is 75.2 Å². The van der Waals surface area contributed by atoms with Crippen LogP contribution in [0.2, 0.25) is 0 Å². The normalized spacial score (nSPS) is 25.5. The lowest BCUT2D eigenvalue weighted by Crippen LogP contribution is -2.61. The fraction of sp³-hybridized carbons (Fsp3) is 0.636. The van der Waals surface area contributed by atoms with Crippen LogP contribution in [0.1, 0.15) is 89.8 Å². The van der Waals surface area contributed by atoms with Gasteiger partial charge in [0.1, 0.15) is 23.2 Å². The van der Waals surface area contributed by atoms with E-state index in [1.54, 1.807) is 7.11 Å². The number of nitrogens with zero attached hydrogens (tertiary/aromatic N) is 8. The van der Waals surface area contributed by atoms with Gasteiger partial charge < -0.3 is 48.4 Å². The first-order valence-electron chi connectivity index (χ1n) is 26.8. The van der Waals surface area contributed by atoms with Crippen molar-refractivity contribution in [1.82, 2.24) is 45.0 Å². The van der Waals surface area contributed by atoms with E-state index in [0.717, 1.165) is 83.9 Å². The van der Waals surface area contributed by atoms with E-state index in [4.69, 9.17) is 28.9 Å². The van der Waals surface area contributed by atoms with Crippen LogP contribution < -0.4 is 15.6 Å². The molecule has 2 N–H and O–H groups in total. The van der Waals surface area contributed by atoms with E-state index in [1.165, 1.54) is 16.3 Å². The molecule has 0 unspecified atom stereocenters. The lowest BCUT2D eigenvalue weighted by molar-refractivity contribution is -0.156. The van der Waals surface area contributed by atoms with Gasteiger partial charge in [-0.1, -0.05) is 26.8 Å². The predicted molar refractivity (Wildman–Crippen MR) is 285 cm³/mol. The smallest absolute Gasteiger partial charge is 0.324 e. The maximum Gasteiger partial charge on any atom is 0.324 e. The molecule has 0 radical (unpaired) electrons. The van der Waals surface area contributed by atoms with Crippen molar-refractivity contribution in [3.63, 3.8) is 0 Å². The first kappa shape index (κ1) is 53.8. The number of pyridine rings is 1. The molecule has 1 saturated carbocycles. The van der Waals surface area contributed by atoms with Gasteiger partial charge >= 0.3 is 5.97 Å². The van der Waals surface area contributed by atoms with E-state index >= 15 is 4.79 Å². The number of carbonyl (C=O) groups is 4. The van der Waals surface area contributed by atoms with Crippen molar-refractivity contribution in [1.29, 1.82) is 0 Å². The molecule has 0 spiro atoms. The molecule has 5 aliphatic rings. The molecule has 1 aliphatic carbocycles. The van der Waals surface area contributed by atoms with Gasteiger partial charge in [0.2, 0.25) is 11.8 Å². The summed E-state index contributed by atoms with van der Waals surface area (Å²) in [4.78, 5) is 76.8. The van der Waals surface area contributed by atoms with E-state index < -0.39 is 47.3 Å². The first-order chi connectivity index (χ1) is 35.5. The second kappa shape index (κ2) is 22.7. The Hall–Kier alpha value is -5.02. The number of cyclic esters (lactones) is 1. The van der Waals surface area contributed by atoms with E-state index in [9.17, 15) is 14.4 Å². The SMILES string of the molecule is CCO[C@@H]1c2nc(cs2)-c2ccc3c(c2)c(c(-c2cc(N4CCN(C)CC4)cnc2[C@H](C)OC)n3CCOC(C)C)CC(C)(C)COC(=O)[C@@H]2CCCN(N2)C(=O)[C@H]1NC(=O)[C@@H]1[C@@H](C)[C@H]1C(=O)N1CCN(C)CC1. The molecule has 4 fully saturated rings. The Bertz CT molecular complexity index is 2670. The topological polar surface area (TPSA) is 176 Å². The summed E-state index contributed by atoms with van der Waals surface area (Å²) in [5.74, 6) is -2.62. The molecule has 7 atom stereocenters. The molecule has 74 heavy (non-hydrogen) atoms. The number of likely N-dealkylation sites (N-methyl/N-ethyl adjacent to an activating group) is 2. The van der Waals surface area contributed by atoms with Gasteiger partial charge in [-0.25, -0.2) is 10.4 Å². The standard InChI is InChI=1S/C55H78N10O8S/c1-11-71-49-47(58-50(66)44-34(4)45(44)52(67)63-23-19-61(9)20-24-63)53(68)65-16-12-13-41(59-65)54(69)73-32-55(6,7)29-40-38-27-36(42-31-74-51(49)57-42)14-15-43(38)64(25-26-72-33(2)3)48(40)39-28-37(30-56-46(39)35(5)70-10)62-21-17-60(8)18-22-62/h14-15,27-28,30-31,33-35,41,44-45,47,49,59H,11-13,16-26,29,32H2,1-10H3,(H,58,66)/t34-,35+,41+,44-,45-,47+,49+/m1/s1. The Kier molecular flexibility index (Phi) is 16.5. The van der Waals surface area contributed by atoms with Gasteiger partial charge in [-0.3, -0.25) is 29.2 Å². The quantitative estimate of drug-likeness (QED) is 0.160. The summed E-state index contributed by atoms with van der Waals surface area (Å²) in [7, 11) is 5.91. The molecular formula is C55H78N10O8S. The zero-order valence-corrected chi connectivity index (χ0v) is 46.0. The highest BCUT2D eigenvalue weighted by Crippen LogP contribution is 2.48. The summed E-state index contributed by atoms with van der Waals surface area (Å²) in [6, 6.07) is 6.67. The number of piperazine rings is 2. The molecule has 3 saturated heterocycles. The number of amides is 3. The molecule has 19 heteroatoms. The van der Waals surface area contributed by atoms with E-state index in [-0.39, 0.29) is 43.2 Å². The minimum atomic E-state index is -1.23. The van der Waals surface area contributed by atoms with Crippen molar-refractivity contribution in [2.45, 2.75) is 105 Å². The van der Waals surface area contributed by atoms with Gasteiger partial charge in [-0.15, -0.1) is 11.3 Å². The molecule has 402 valence electrons. The van der Waals surface area contributed by atoms with Crippen molar-refractivity contribution in [3.8, 4) is 22.5 Å². The molecule has 9 rings (SSSR count). The fourth-order valence-corrected chi connectivity index (χ4v) is 12.1. The fourth-order valence-electron chi connectivity index (χ4n) is 11.2. The number of benzene rings is 1. The number of anilines is 1. The van der Waals surface area contributed by atoms with Crippen molar-refractivity contribution in [2.75, 3.05) is 105 Å². The number of carbonyl (C=O) groups excluding carboxylic acids is 4. The number of fused-ring (bicyclic) bond motifs is 6. The Balaban J connectivity index is 1.16. The van der Waals surface area contributed by atoms with Crippen molar-refractivity contribution < 1.29 is 38.1 Å². The molecule has 4 aromatic rings. The highest BCUT2D eigenvalue weighted by molar-refractivity contribution is 7.10. The molecular weight excluding hydrogens is 961 g/mol. The third-order valence-corrected chi connectivity index (χ3v) is 16.7. The molecule has 1 aromatic carbocycles. The second-order valence-electron chi connectivity index (χ2n) is 22.2. The van der Waals surface area contributed by atoms with Crippen molar-refractivity contribution in [2.24, 2.45) is 23.2 Å². The third-order valence-electron chi connectivity index (χ3n) is 15.8. The number of esters is 1. The number of rotatable bonds is 13. The van der Waals surface area contributed by atoms with Gasteiger partial charge in [0.15, 0.2) is 0 Å². The van der Waals surface area contributed by atoms with Crippen LogP contribution in [-0.4, -0.2) is 176 Å². The molecule has 6 bridgehead atoms. The summed E-state index contributed by atoms with van der Waals surface area (Å²) in [6.45, 7) is 22.2. The Morgan fingerprint density at radius 2 is 1.72 bits per heavy atom. The number of nitrogens with one attached hydrogen (secondary N) is 2. The first-order valence-corrected chi connectivity index (χ1v) is 27.7. The Morgan fingerprint density at radius 3 is 2.42 bits per heavy atom. The van der Waals surface area contributed by atoms with Crippen LogP contribution >= 0.6 is 11.3 Å². The van der Waals surface area contributed by atoms with Gasteiger partial charge in [0, 0.05) is 112 Å². The van der Waals surface area contributed by atoms with Gasteiger partial charge in [-0.05, 0) is 90.7 Å². The minimum Gasteiger partial charge on any atom is -0.464 e. The van der Waals surface area contributed by atoms with Crippen LogP contribution in [0, 0.1) is 23.2 Å². The molecule has 18 nitrogen and oxygen atoms in total. The van der Waals surface area contributed by atoms with Crippen molar-refractivity contribution >= 4 is 51.6 Å². The van der Waals surface area contributed by atoms with Crippen LogP contribution in [-0.2, 0) is 51.1 Å². The molecule has 7 heterocycles.